The van der Waals surface area contributed by atoms with Crippen molar-refractivity contribution in [3.05, 3.63) is 35.4 Å². The summed E-state index contributed by atoms with van der Waals surface area (Å²) in [5.41, 5.74) is 1.90. The van der Waals surface area contributed by atoms with Crippen LogP contribution in [0.15, 0.2) is 24.3 Å². The van der Waals surface area contributed by atoms with Gasteiger partial charge < -0.3 is 33.3 Å². The Kier molecular flexibility index (Phi) is 10.6. The third kappa shape index (κ3) is 6.93. The summed E-state index contributed by atoms with van der Waals surface area (Å²) in [6, 6.07) is 7.50. The summed E-state index contributed by atoms with van der Waals surface area (Å²) in [4.78, 5) is 14.8. The number of carbonyl (C=O) groups is 1. The van der Waals surface area contributed by atoms with Crippen LogP contribution >= 0.6 is 0 Å². The van der Waals surface area contributed by atoms with Gasteiger partial charge in [-0.1, -0.05) is 26.7 Å². The summed E-state index contributed by atoms with van der Waals surface area (Å²) in [7, 11) is 6.41. The Labute approximate surface area is 220 Å². The fourth-order valence-electron chi connectivity index (χ4n) is 4.52. The largest absolute Gasteiger partial charge is 0.496 e. The molecule has 8 nitrogen and oxygen atoms in total. The number of unbranched alkanes of at least 4 members (excludes halogenated alkanes) is 2. The van der Waals surface area contributed by atoms with E-state index in [1.165, 1.54) is 0 Å². The molecule has 1 heterocycles. The number of methoxy groups -OCH3 is 4. The van der Waals surface area contributed by atoms with E-state index < -0.39 is 0 Å². The second kappa shape index (κ2) is 13.9. The number of nitrogens with zero attached hydrogens (tertiary/aromatic N) is 1. The van der Waals surface area contributed by atoms with Gasteiger partial charge >= 0.3 is 0 Å². The zero-order chi connectivity index (χ0) is 26.8. The predicted octanol–water partition coefficient (Wildman–Crippen LogP) is 5.59. The highest BCUT2D eigenvalue weighted by molar-refractivity contribution is 5.77. The van der Waals surface area contributed by atoms with Crippen LogP contribution in [0.25, 0.3) is 0 Å². The molecule has 2 aromatic rings. The lowest BCUT2D eigenvalue weighted by atomic mass is 9.96. The third-order valence-corrected chi connectivity index (χ3v) is 6.62. The first-order valence-corrected chi connectivity index (χ1v) is 13.1. The molecule has 204 valence electrons. The van der Waals surface area contributed by atoms with E-state index in [-0.39, 0.29) is 18.6 Å². The van der Waals surface area contributed by atoms with Gasteiger partial charge in [0.1, 0.15) is 23.4 Å². The smallest absolute Gasteiger partial charge is 0.260 e. The maximum atomic E-state index is 12.9. The summed E-state index contributed by atoms with van der Waals surface area (Å²) < 4.78 is 34.5. The summed E-state index contributed by atoms with van der Waals surface area (Å²) in [5.74, 6) is 3.61. The molecule has 0 spiro atoms. The zero-order valence-electron chi connectivity index (χ0n) is 23.1. The zero-order valence-corrected chi connectivity index (χ0v) is 23.1. The lowest BCUT2D eigenvalue weighted by Crippen LogP contribution is -2.36. The number of rotatable bonds is 14. The lowest BCUT2D eigenvalue weighted by Gasteiger charge is -2.29. The molecule has 0 aromatic heterocycles. The number of hydrogen-bond donors (Lipinski definition) is 0. The predicted molar refractivity (Wildman–Crippen MR) is 143 cm³/mol. The lowest BCUT2D eigenvalue weighted by molar-refractivity contribution is -0.133. The minimum atomic E-state index is -0.221. The number of amides is 1. The monoisotopic (exact) mass is 515 g/mol. The molecule has 0 fully saturated rings. The molecule has 0 saturated carbocycles. The van der Waals surface area contributed by atoms with Gasteiger partial charge in [0.2, 0.25) is 5.75 Å². The molecular weight excluding hydrogens is 474 g/mol. The molecular formula is C29H41NO7. The maximum Gasteiger partial charge on any atom is 0.260 e. The van der Waals surface area contributed by atoms with Crippen LogP contribution < -0.4 is 28.4 Å². The minimum Gasteiger partial charge on any atom is -0.496 e. The van der Waals surface area contributed by atoms with Crippen LogP contribution in [0.4, 0.5) is 0 Å². The van der Waals surface area contributed by atoms with Gasteiger partial charge in [-0.3, -0.25) is 4.79 Å². The Morgan fingerprint density at radius 2 is 1.51 bits per heavy atom. The topological polar surface area (TPSA) is 75.7 Å². The van der Waals surface area contributed by atoms with Crippen LogP contribution in [0.2, 0.25) is 0 Å². The fourth-order valence-corrected chi connectivity index (χ4v) is 4.52. The standard InChI is InChI=1S/C29H41NO7/c1-7-9-13-30(14-10-8-2)28(31)19-36-21-17-24(32-3)22-11-12-23(37-25(22)18-21)20-15-26(33-4)29(35-6)27(16-20)34-5/h15-18,23H,7-14,19H2,1-6H3. The maximum absolute atomic E-state index is 12.9. The number of fused-ring (bicyclic) bond motifs is 1. The van der Waals surface area contributed by atoms with Gasteiger partial charge in [0.05, 0.1) is 28.4 Å². The molecule has 0 bridgehead atoms. The van der Waals surface area contributed by atoms with E-state index in [0.717, 1.165) is 62.7 Å². The van der Waals surface area contributed by atoms with Crippen LogP contribution in [-0.2, 0) is 11.2 Å². The Morgan fingerprint density at radius 3 is 2.05 bits per heavy atom. The number of benzene rings is 2. The van der Waals surface area contributed by atoms with E-state index in [4.69, 9.17) is 28.4 Å². The first-order valence-electron chi connectivity index (χ1n) is 13.1. The van der Waals surface area contributed by atoms with Gasteiger partial charge in [-0.05, 0) is 43.4 Å². The van der Waals surface area contributed by atoms with Crippen LogP contribution in [-0.4, -0.2) is 58.9 Å². The van der Waals surface area contributed by atoms with Gasteiger partial charge in [-0.25, -0.2) is 0 Å². The van der Waals surface area contributed by atoms with Gasteiger partial charge in [0, 0.05) is 30.8 Å². The Hall–Kier alpha value is -3.29. The number of hydrogen-bond acceptors (Lipinski definition) is 7. The van der Waals surface area contributed by atoms with Crippen molar-refractivity contribution in [2.45, 2.75) is 58.5 Å². The molecule has 3 rings (SSSR count). The Bertz CT molecular complexity index is 1010. The van der Waals surface area contributed by atoms with Crippen LogP contribution in [0.3, 0.4) is 0 Å². The van der Waals surface area contributed by atoms with E-state index in [1.807, 2.05) is 29.2 Å². The minimum absolute atomic E-state index is 0.00481. The summed E-state index contributed by atoms with van der Waals surface area (Å²) in [6.07, 6.45) is 5.36. The summed E-state index contributed by atoms with van der Waals surface area (Å²) >= 11 is 0. The fraction of sp³-hybridized carbons (Fsp3) is 0.552. The highest BCUT2D eigenvalue weighted by atomic mass is 16.5. The van der Waals surface area contributed by atoms with Gasteiger partial charge in [-0.15, -0.1) is 0 Å². The van der Waals surface area contributed by atoms with Gasteiger partial charge in [-0.2, -0.15) is 0 Å². The molecule has 1 atom stereocenters. The average Bonchev–Trinajstić information content (AvgIpc) is 2.94. The van der Waals surface area contributed by atoms with Crippen molar-refractivity contribution >= 4 is 5.91 Å². The molecule has 1 aliphatic heterocycles. The van der Waals surface area contributed by atoms with Gasteiger partial charge in [0.15, 0.2) is 18.1 Å². The molecule has 2 aromatic carbocycles. The average molecular weight is 516 g/mol. The van der Waals surface area contributed by atoms with Crippen LogP contribution in [0.1, 0.15) is 63.2 Å². The highest BCUT2D eigenvalue weighted by Gasteiger charge is 2.27. The molecule has 0 aliphatic carbocycles. The quantitative estimate of drug-likeness (QED) is 0.324. The van der Waals surface area contributed by atoms with E-state index in [2.05, 4.69) is 13.8 Å². The number of carbonyl (C=O) groups excluding carboxylic acids is 1. The van der Waals surface area contributed by atoms with E-state index in [9.17, 15) is 4.79 Å². The summed E-state index contributed by atoms with van der Waals surface area (Å²) in [5, 5.41) is 0. The molecule has 8 heteroatoms. The second-order valence-electron chi connectivity index (χ2n) is 9.08. The van der Waals surface area contributed by atoms with E-state index in [1.54, 1.807) is 28.4 Å². The van der Waals surface area contributed by atoms with Crippen molar-refractivity contribution in [3.8, 4) is 34.5 Å². The van der Waals surface area contributed by atoms with Crippen molar-refractivity contribution in [1.82, 2.24) is 4.90 Å². The number of ether oxygens (including phenoxy) is 6. The van der Waals surface area contributed by atoms with Crippen molar-refractivity contribution in [3.63, 3.8) is 0 Å². The Morgan fingerprint density at radius 1 is 0.892 bits per heavy atom. The molecule has 0 N–H and O–H groups in total. The van der Waals surface area contributed by atoms with Gasteiger partial charge in [0.25, 0.3) is 5.91 Å². The molecule has 1 amide bonds. The first-order chi connectivity index (χ1) is 18.0. The highest BCUT2D eigenvalue weighted by Crippen LogP contribution is 2.45. The van der Waals surface area contributed by atoms with Crippen LogP contribution in [0, 0.1) is 0 Å². The van der Waals surface area contributed by atoms with Crippen molar-refractivity contribution in [2.75, 3.05) is 48.1 Å². The van der Waals surface area contributed by atoms with E-state index in [0.29, 0.717) is 34.5 Å². The third-order valence-electron chi connectivity index (χ3n) is 6.62. The van der Waals surface area contributed by atoms with Crippen molar-refractivity contribution in [2.24, 2.45) is 0 Å². The molecule has 1 unspecified atom stereocenters. The molecule has 0 radical (unpaired) electrons. The van der Waals surface area contributed by atoms with Crippen LogP contribution in [0.5, 0.6) is 34.5 Å². The van der Waals surface area contributed by atoms with E-state index >= 15 is 0 Å². The second-order valence-corrected chi connectivity index (χ2v) is 9.08. The molecule has 0 saturated heterocycles. The summed E-state index contributed by atoms with van der Waals surface area (Å²) in [6.45, 7) is 5.75. The Balaban J connectivity index is 1.79. The van der Waals surface area contributed by atoms with Crippen molar-refractivity contribution in [1.29, 1.82) is 0 Å². The molecule has 1 aliphatic rings. The van der Waals surface area contributed by atoms with Crippen molar-refractivity contribution < 1.29 is 33.2 Å². The molecule has 37 heavy (non-hydrogen) atoms. The SMILES string of the molecule is CCCCN(CCCC)C(=O)COc1cc(OC)c2c(c1)OC(c1cc(OC)c(OC)c(OC)c1)CC2. The first kappa shape index (κ1) is 28.3. The normalized spacial score (nSPS) is 14.3.